The Labute approximate surface area is 176 Å². The third-order valence-corrected chi connectivity index (χ3v) is 5.59. The van der Waals surface area contributed by atoms with Crippen molar-refractivity contribution in [3.63, 3.8) is 0 Å². The van der Waals surface area contributed by atoms with E-state index in [9.17, 15) is 0 Å². The maximum Gasteiger partial charge on any atom is 0.197 e. The average Bonchev–Trinajstić information content (AvgIpc) is 3.50. The zero-order valence-corrected chi connectivity index (χ0v) is 16.7. The first-order chi connectivity index (χ1) is 14.9. The molecule has 2 heterocycles. The Hall–Kier alpha value is -3.40. The van der Waals surface area contributed by atoms with Gasteiger partial charge >= 0.3 is 0 Å². The van der Waals surface area contributed by atoms with Gasteiger partial charge in [-0.2, -0.15) is 0 Å². The molecule has 150 valence electrons. The van der Waals surface area contributed by atoms with Crippen molar-refractivity contribution in [2.24, 2.45) is 15.9 Å². The maximum atomic E-state index is 6.10. The average molecular weight is 396 g/mol. The van der Waals surface area contributed by atoms with Crippen molar-refractivity contribution < 1.29 is 9.47 Å². The zero-order chi connectivity index (χ0) is 20.2. The fourth-order valence-electron chi connectivity index (χ4n) is 3.99. The Morgan fingerprint density at radius 3 is 1.53 bits per heavy atom. The van der Waals surface area contributed by atoms with Gasteiger partial charge in [-0.3, -0.25) is 0 Å². The van der Waals surface area contributed by atoms with Crippen LogP contribution in [0.25, 0.3) is 0 Å². The van der Waals surface area contributed by atoms with Crippen LogP contribution in [0.2, 0.25) is 0 Å². The van der Waals surface area contributed by atoms with Gasteiger partial charge in [0.2, 0.25) is 0 Å². The Balaban J connectivity index is 1.44. The van der Waals surface area contributed by atoms with Gasteiger partial charge in [0.25, 0.3) is 0 Å². The van der Waals surface area contributed by atoms with Crippen LogP contribution in [0.5, 0.6) is 0 Å². The second-order valence-electron chi connectivity index (χ2n) is 7.65. The number of benzene rings is 3. The van der Waals surface area contributed by atoms with E-state index >= 15 is 0 Å². The van der Waals surface area contributed by atoms with E-state index in [-0.39, 0.29) is 18.0 Å². The molecule has 0 unspecified atom stereocenters. The Morgan fingerprint density at radius 1 is 0.633 bits per heavy atom. The number of nitrogens with zero attached hydrogens (tertiary/aromatic N) is 2. The van der Waals surface area contributed by atoms with Crippen LogP contribution in [0.1, 0.15) is 28.8 Å². The third kappa shape index (κ3) is 3.99. The van der Waals surface area contributed by atoms with Crippen molar-refractivity contribution >= 4 is 11.8 Å². The van der Waals surface area contributed by atoms with E-state index in [0.717, 1.165) is 18.2 Å². The monoisotopic (exact) mass is 396 g/mol. The van der Waals surface area contributed by atoms with Crippen molar-refractivity contribution in [3.8, 4) is 0 Å². The van der Waals surface area contributed by atoms with Gasteiger partial charge < -0.3 is 9.47 Å². The second-order valence-corrected chi connectivity index (χ2v) is 7.65. The SMILES string of the molecule is c1ccc(CC(C2=N[C@H](c3ccccc3)CO2)C2=N[C@H](c3ccccc3)CO2)cc1. The van der Waals surface area contributed by atoms with E-state index in [1.54, 1.807) is 0 Å². The van der Waals surface area contributed by atoms with Gasteiger partial charge in [0.05, 0.1) is 0 Å². The summed E-state index contributed by atoms with van der Waals surface area (Å²) in [6.07, 6.45) is 0.752. The number of ether oxygens (including phenoxy) is 2. The summed E-state index contributed by atoms with van der Waals surface area (Å²) in [6, 6.07) is 31.0. The Bertz CT molecular complexity index is 967. The predicted molar refractivity (Wildman–Crippen MR) is 119 cm³/mol. The molecule has 4 nitrogen and oxygen atoms in total. The number of hydrogen-bond donors (Lipinski definition) is 0. The van der Waals surface area contributed by atoms with Gasteiger partial charge in [-0.1, -0.05) is 91.0 Å². The van der Waals surface area contributed by atoms with Crippen LogP contribution in [-0.2, 0) is 15.9 Å². The number of rotatable bonds is 6. The molecule has 2 aliphatic rings. The molecule has 0 fully saturated rings. The van der Waals surface area contributed by atoms with E-state index in [0.29, 0.717) is 13.2 Å². The van der Waals surface area contributed by atoms with Crippen molar-refractivity contribution in [3.05, 3.63) is 108 Å². The molecule has 2 aliphatic heterocycles. The lowest BCUT2D eigenvalue weighted by Gasteiger charge is -2.16. The van der Waals surface area contributed by atoms with E-state index in [4.69, 9.17) is 19.5 Å². The molecule has 2 atom stereocenters. The molecule has 0 saturated carbocycles. The van der Waals surface area contributed by atoms with Crippen LogP contribution in [-0.4, -0.2) is 25.0 Å². The molecule has 4 heteroatoms. The van der Waals surface area contributed by atoms with Gasteiger partial charge in [-0.25, -0.2) is 9.98 Å². The van der Waals surface area contributed by atoms with Crippen LogP contribution in [0, 0.1) is 5.92 Å². The highest BCUT2D eigenvalue weighted by Crippen LogP contribution is 2.31. The predicted octanol–water partition coefficient (Wildman–Crippen LogP) is 5.19. The molecule has 3 aromatic rings. The van der Waals surface area contributed by atoms with Gasteiger partial charge in [0.15, 0.2) is 11.8 Å². The normalized spacial score (nSPS) is 20.4. The van der Waals surface area contributed by atoms with Crippen molar-refractivity contribution in [1.82, 2.24) is 0 Å². The lowest BCUT2D eigenvalue weighted by Crippen LogP contribution is -2.27. The molecule has 0 amide bonds. The minimum Gasteiger partial charge on any atom is -0.478 e. The van der Waals surface area contributed by atoms with Crippen LogP contribution in [0.4, 0.5) is 0 Å². The fourth-order valence-corrected chi connectivity index (χ4v) is 3.99. The highest BCUT2D eigenvalue weighted by atomic mass is 16.5. The topological polar surface area (TPSA) is 43.2 Å². The highest BCUT2D eigenvalue weighted by molar-refractivity contribution is 6.02. The lowest BCUT2D eigenvalue weighted by molar-refractivity contribution is 0.284. The minimum atomic E-state index is -0.116. The van der Waals surface area contributed by atoms with E-state index < -0.39 is 0 Å². The second kappa shape index (κ2) is 8.54. The molecular weight excluding hydrogens is 372 g/mol. The lowest BCUT2D eigenvalue weighted by atomic mass is 9.98. The molecule has 0 spiro atoms. The molecule has 0 saturated heterocycles. The van der Waals surface area contributed by atoms with Crippen LogP contribution < -0.4 is 0 Å². The number of aliphatic imine (C=N–C) groups is 2. The van der Waals surface area contributed by atoms with Gasteiger partial charge in [-0.05, 0) is 23.1 Å². The first kappa shape index (κ1) is 18.6. The Kier molecular flexibility index (Phi) is 5.30. The summed E-state index contributed by atoms with van der Waals surface area (Å²) < 4.78 is 12.2. The largest absolute Gasteiger partial charge is 0.478 e. The van der Waals surface area contributed by atoms with Gasteiger partial charge in [0.1, 0.15) is 31.2 Å². The molecule has 30 heavy (non-hydrogen) atoms. The summed E-state index contributed by atoms with van der Waals surface area (Å²) in [4.78, 5) is 9.86. The zero-order valence-electron chi connectivity index (χ0n) is 16.7. The van der Waals surface area contributed by atoms with E-state index in [1.165, 1.54) is 16.7 Å². The van der Waals surface area contributed by atoms with E-state index in [2.05, 4.69) is 48.5 Å². The summed E-state index contributed by atoms with van der Waals surface area (Å²) in [5.74, 6) is 1.33. The summed E-state index contributed by atoms with van der Waals surface area (Å²) in [6.45, 7) is 1.11. The summed E-state index contributed by atoms with van der Waals surface area (Å²) in [5.41, 5.74) is 3.55. The van der Waals surface area contributed by atoms with Gasteiger partial charge in [0, 0.05) is 0 Å². The minimum absolute atomic E-state index is 0.0198. The molecule has 0 aromatic heterocycles. The molecule has 0 aliphatic carbocycles. The fraction of sp³-hybridized carbons (Fsp3) is 0.231. The van der Waals surface area contributed by atoms with Crippen molar-refractivity contribution in [2.75, 3.05) is 13.2 Å². The maximum absolute atomic E-state index is 6.10. The third-order valence-electron chi connectivity index (χ3n) is 5.59. The van der Waals surface area contributed by atoms with Crippen LogP contribution >= 0.6 is 0 Å². The Morgan fingerprint density at radius 2 is 1.07 bits per heavy atom. The molecule has 0 radical (unpaired) electrons. The van der Waals surface area contributed by atoms with Crippen molar-refractivity contribution in [1.29, 1.82) is 0 Å². The highest BCUT2D eigenvalue weighted by Gasteiger charge is 2.35. The molecule has 3 aromatic carbocycles. The van der Waals surface area contributed by atoms with Crippen LogP contribution in [0.15, 0.2) is 101 Å². The molecule has 0 N–H and O–H groups in total. The quantitative estimate of drug-likeness (QED) is 0.576. The first-order valence-corrected chi connectivity index (χ1v) is 10.4. The molecule has 5 rings (SSSR count). The van der Waals surface area contributed by atoms with Crippen LogP contribution in [0.3, 0.4) is 0 Å². The summed E-state index contributed by atoms with van der Waals surface area (Å²) in [7, 11) is 0. The van der Waals surface area contributed by atoms with E-state index in [1.807, 2.05) is 42.5 Å². The van der Waals surface area contributed by atoms with Crippen molar-refractivity contribution in [2.45, 2.75) is 18.5 Å². The summed E-state index contributed by atoms with van der Waals surface area (Å²) >= 11 is 0. The first-order valence-electron chi connectivity index (χ1n) is 10.4. The van der Waals surface area contributed by atoms with Gasteiger partial charge in [-0.15, -0.1) is 0 Å². The number of hydrogen-bond acceptors (Lipinski definition) is 4. The smallest absolute Gasteiger partial charge is 0.197 e. The standard InChI is InChI=1S/C26H24N2O2/c1-4-10-19(11-5-1)16-22(25-27-23(17-29-25)20-12-6-2-7-13-20)26-28-24(18-30-26)21-14-8-3-9-15-21/h1-15,22-24H,16-18H2/t23-,24-/m0/s1. The summed E-state index contributed by atoms with van der Waals surface area (Å²) in [5, 5.41) is 0. The molecular formula is C26H24N2O2. The molecule has 0 bridgehead atoms.